The fourth-order valence-corrected chi connectivity index (χ4v) is 1.41. The molecule has 0 amide bonds. The zero-order valence-electron chi connectivity index (χ0n) is 13.5. The highest BCUT2D eigenvalue weighted by molar-refractivity contribution is 5.82. The average Bonchev–Trinajstić information content (AvgIpc) is 2.33. The van der Waals surface area contributed by atoms with Crippen LogP contribution in [0.4, 0.5) is 0 Å². The molecule has 2 heteroatoms. The van der Waals surface area contributed by atoms with Crippen molar-refractivity contribution in [2.75, 3.05) is 6.54 Å². The highest BCUT2D eigenvalue weighted by Gasteiger charge is 2.06. The summed E-state index contributed by atoms with van der Waals surface area (Å²) in [4.78, 5) is 11.0. The molecule has 1 rings (SSSR count). The normalized spacial score (nSPS) is 10.4. The molecule has 0 radical (unpaired) electrons. The van der Waals surface area contributed by atoms with E-state index >= 15 is 0 Å². The van der Waals surface area contributed by atoms with Crippen LogP contribution in [0, 0.1) is 26.7 Å². The fraction of sp³-hybridized carbons (Fsp3) is 0.588. The number of benzene rings is 1. The number of hydrogen-bond donors (Lipinski definition) is 1. The minimum Gasteiger partial charge on any atom is -0.308 e. The van der Waals surface area contributed by atoms with E-state index in [1.807, 2.05) is 27.7 Å². The van der Waals surface area contributed by atoms with Gasteiger partial charge in [0.2, 0.25) is 0 Å². The Hall–Kier alpha value is -1.15. The quantitative estimate of drug-likeness (QED) is 0.894. The number of aryl methyl sites for hydroxylation is 2. The lowest BCUT2D eigenvalue weighted by atomic mass is 10.1. The third-order valence-corrected chi connectivity index (χ3v) is 3.20. The third kappa shape index (κ3) is 7.78. The molecule has 0 aliphatic heterocycles. The zero-order chi connectivity index (χ0) is 15.0. The number of Topliss-reactive ketones (excluding diaryl/α,β-unsaturated/α-hetero) is 1. The summed E-state index contributed by atoms with van der Waals surface area (Å²) in [6.07, 6.45) is 0. The Morgan fingerprint density at radius 3 is 1.84 bits per heavy atom. The Bertz CT molecular complexity index is 374. The molecule has 0 spiro atoms. The van der Waals surface area contributed by atoms with Gasteiger partial charge in [0.15, 0.2) is 0 Å². The van der Waals surface area contributed by atoms with Crippen molar-refractivity contribution in [3.05, 3.63) is 34.9 Å². The van der Waals surface area contributed by atoms with E-state index in [0.717, 1.165) is 0 Å². The van der Waals surface area contributed by atoms with Gasteiger partial charge in [-0.2, -0.15) is 0 Å². The maximum absolute atomic E-state index is 11.0. The molecule has 0 aliphatic carbocycles. The van der Waals surface area contributed by atoms with Gasteiger partial charge in [0.25, 0.3) is 0 Å². The topological polar surface area (TPSA) is 29.1 Å². The molecule has 0 aromatic heterocycles. The van der Waals surface area contributed by atoms with Crippen LogP contribution in [-0.2, 0) is 4.79 Å². The molecule has 0 unspecified atom stereocenters. The summed E-state index contributed by atoms with van der Waals surface area (Å²) in [6, 6.07) is 6.78. The number of carbonyl (C=O) groups is 1. The second kappa shape index (κ2) is 8.87. The van der Waals surface area contributed by atoms with E-state index in [4.69, 9.17) is 0 Å². The number of nitrogens with one attached hydrogen (secondary N) is 1. The van der Waals surface area contributed by atoms with Gasteiger partial charge in [-0.25, -0.2) is 0 Å². The van der Waals surface area contributed by atoms with Crippen molar-refractivity contribution < 1.29 is 4.79 Å². The van der Waals surface area contributed by atoms with Gasteiger partial charge in [-0.1, -0.05) is 45.9 Å². The van der Waals surface area contributed by atoms with E-state index in [1.54, 1.807) is 0 Å². The SMILES string of the molecule is CC(C)NCC(=O)C(C)C.Cc1cccc(C)c1C. The van der Waals surface area contributed by atoms with Gasteiger partial charge >= 0.3 is 0 Å². The monoisotopic (exact) mass is 263 g/mol. The summed E-state index contributed by atoms with van der Waals surface area (Å²) < 4.78 is 0. The first-order valence-corrected chi connectivity index (χ1v) is 7.04. The first-order chi connectivity index (χ1) is 8.75. The van der Waals surface area contributed by atoms with E-state index in [-0.39, 0.29) is 11.7 Å². The number of carbonyl (C=O) groups excluding carboxylic acids is 1. The van der Waals surface area contributed by atoms with Gasteiger partial charge in [-0.3, -0.25) is 4.79 Å². The second-order valence-corrected chi connectivity index (χ2v) is 5.67. The zero-order valence-corrected chi connectivity index (χ0v) is 13.5. The van der Waals surface area contributed by atoms with Gasteiger partial charge in [0.05, 0.1) is 6.54 Å². The number of rotatable bonds is 4. The molecule has 108 valence electrons. The Labute approximate surface area is 118 Å². The summed E-state index contributed by atoms with van der Waals surface area (Å²) >= 11 is 0. The molecule has 19 heavy (non-hydrogen) atoms. The Morgan fingerprint density at radius 1 is 1.05 bits per heavy atom. The van der Waals surface area contributed by atoms with Gasteiger partial charge < -0.3 is 5.32 Å². The molecule has 1 aromatic rings. The molecule has 0 bridgehead atoms. The van der Waals surface area contributed by atoms with Crippen LogP contribution in [0.3, 0.4) is 0 Å². The molecular formula is C17H29NO. The van der Waals surface area contributed by atoms with E-state index in [9.17, 15) is 4.79 Å². The van der Waals surface area contributed by atoms with Gasteiger partial charge in [-0.05, 0) is 37.5 Å². The van der Waals surface area contributed by atoms with Gasteiger partial charge in [0.1, 0.15) is 5.78 Å². The molecule has 0 saturated heterocycles. The smallest absolute Gasteiger partial charge is 0.149 e. The summed E-state index contributed by atoms with van der Waals surface area (Å²) in [5, 5.41) is 3.08. The van der Waals surface area contributed by atoms with Crippen LogP contribution in [0.2, 0.25) is 0 Å². The Kier molecular flexibility index (Phi) is 8.33. The van der Waals surface area contributed by atoms with Gasteiger partial charge in [0, 0.05) is 12.0 Å². The van der Waals surface area contributed by atoms with E-state index < -0.39 is 0 Å². The number of hydrogen-bond acceptors (Lipinski definition) is 2. The molecule has 0 atom stereocenters. The lowest BCUT2D eigenvalue weighted by Crippen LogP contribution is -2.31. The van der Waals surface area contributed by atoms with Crippen LogP contribution in [0.25, 0.3) is 0 Å². The van der Waals surface area contributed by atoms with Crippen LogP contribution in [0.1, 0.15) is 44.4 Å². The average molecular weight is 263 g/mol. The molecular weight excluding hydrogens is 234 g/mol. The van der Waals surface area contributed by atoms with E-state index in [1.165, 1.54) is 16.7 Å². The van der Waals surface area contributed by atoms with Crippen LogP contribution in [-0.4, -0.2) is 18.4 Å². The maximum Gasteiger partial charge on any atom is 0.149 e. The largest absolute Gasteiger partial charge is 0.308 e. The number of ketones is 1. The summed E-state index contributed by atoms with van der Waals surface area (Å²) in [5.74, 6) is 0.444. The van der Waals surface area contributed by atoms with Crippen LogP contribution >= 0.6 is 0 Å². The summed E-state index contributed by atoms with van der Waals surface area (Å²) in [6.45, 7) is 14.9. The fourth-order valence-electron chi connectivity index (χ4n) is 1.41. The molecule has 0 saturated carbocycles. The van der Waals surface area contributed by atoms with Crippen molar-refractivity contribution >= 4 is 5.78 Å². The van der Waals surface area contributed by atoms with Crippen LogP contribution in [0.15, 0.2) is 18.2 Å². The van der Waals surface area contributed by atoms with Gasteiger partial charge in [-0.15, -0.1) is 0 Å². The van der Waals surface area contributed by atoms with Crippen molar-refractivity contribution in [2.24, 2.45) is 5.92 Å². The van der Waals surface area contributed by atoms with Crippen molar-refractivity contribution in [3.8, 4) is 0 Å². The molecule has 1 N–H and O–H groups in total. The molecule has 0 fully saturated rings. The molecule has 0 aliphatic rings. The Balaban J connectivity index is 0.000000342. The first-order valence-electron chi connectivity index (χ1n) is 7.04. The van der Waals surface area contributed by atoms with E-state index in [2.05, 4.69) is 44.3 Å². The lowest BCUT2D eigenvalue weighted by molar-refractivity contribution is -0.121. The third-order valence-electron chi connectivity index (χ3n) is 3.20. The standard InChI is InChI=1S/C9H12.C8H17NO/c1-7-5-4-6-8(2)9(7)3;1-6(2)8(10)5-9-7(3)4/h4-6H,1-3H3;6-7,9H,5H2,1-4H3. The molecule has 1 aromatic carbocycles. The Morgan fingerprint density at radius 2 is 1.53 bits per heavy atom. The van der Waals surface area contributed by atoms with Crippen molar-refractivity contribution in [2.45, 2.75) is 54.5 Å². The predicted molar refractivity (Wildman–Crippen MR) is 83.6 cm³/mol. The van der Waals surface area contributed by atoms with Crippen molar-refractivity contribution in [1.29, 1.82) is 0 Å². The van der Waals surface area contributed by atoms with Crippen molar-refractivity contribution in [3.63, 3.8) is 0 Å². The molecule has 0 heterocycles. The summed E-state index contributed by atoms with van der Waals surface area (Å²) in [7, 11) is 0. The molecule has 2 nitrogen and oxygen atoms in total. The maximum atomic E-state index is 11.0. The van der Waals surface area contributed by atoms with Crippen molar-refractivity contribution in [1.82, 2.24) is 5.32 Å². The highest BCUT2D eigenvalue weighted by Crippen LogP contribution is 2.09. The predicted octanol–water partition coefficient (Wildman–Crippen LogP) is 3.82. The summed E-state index contributed by atoms with van der Waals surface area (Å²) in [5.41, 5.74) is 4.18. The van der Waals surface area contributed by atoms with E-state index in [0.29, 0.717) is 12.6 Å². The first kappa shape index (κ1) is 17.8. The minimum absolute atomic E-state index is 0.159. The highest BCUT2D eigenvalue weighted by atomic mass is 16.1. The van der Waals surface area contributed by atoms with Crippen LogP contribution < -0.4 is 5.32 Å². The second-order valence-electron chi connectivity index (χ2n) is 5.67. The van der Waals surface area contributed by atoms with Crippen LogP contribution in [0.5, 0.6) is 0 Å². The minimum atomic E-state index is 0.159. The lowest BCUT2D eigenvalue weighted by Gasteiger charge is -2.08.